The number of rotatable bonds is 3. The zero-order valence-corrected chi connectivity index (χ0v) is 11.9. The molecule has 1 aliphatic rings. The molecular formula is C13H23NO2S. The Morgan fingerprint density at radius 3 is 2.29 bits per heavy atom. The molecule has 4 heteroatoms. The minimum absolute atomic E-state index is 0.0123. The van der Waals surface area contributed by atoms with Gasteiger partial charge in [-0.15, -0.1) is 0 Å². The summed E-state index contributed by atoms with van der Waals surface area (Å²) in [4.78, 5) is 23.3. The third-order valence-electron chi connectivity index (χ3n) is 2.70. The second kappa shape index (κ2) is 6.43. The maximum atomic E-state index is 11.7. The molecule has 0 atom stereocenters. The van der Waals surface area contributed by atoms with Gasteiger partial charge >= 0.3 is 0 Å². The van der Waals surface area contributed by atoms with E-state index < -0.39 is 0 Å². The molecule has 0 spiro atoms. The minimum Gasteiger partial charge on any atom is -0.353 e. The van der Waals surface area contributed by atoms with Gasteiger partial charge in [0.05, 0.1) is 6.42 Å². The van der Waals surface area contributed by atoms with Gasteiger partial charge in [0.25, 0.3) is 0 Å². The number of hydrogen-bond donors (Lipinski definition) is 1. The van der Waals surface area contributed by atoms with Gasteiger partial charge in [-0.3, -0.25) is 9.59 Å². The summed E-state index contributed by atoms with van der Waals surface area (Å²) in [7, 11) is 0. The number of hydrogen-bond acceptors (Lipinski definition) is 3. The van der Waals surface area contributed by atoms with Gasteiger partial charge in [0.15, 0.2) is 5.12 Å². The van der Waals surface area contributed by atoms with Crippen molar-refractivity contribution in [2.45, 2.75) is 70.1 Å². The van der Waals surface area contributed by atoms with Gasteiger partial charge in [-0.05, 0) is 12.8 Å². The van der Waals surface area contributed by atoms with Crippen molar-refractivity contribution >= 4 is 22.8 Å². The lowest BCUT2D eigenvalue weighted by molar-refractivity contribution is -0.125. The van der Waals surface area contributed by atoms with Gasteiger partial charge < -0.3 is 5.32 Å². The highest BCUT2D eigenvalue weighted by atomic mass is 32.2. The van der Waals surface area contributed by atoms with Crippen LogP contribution in [0.25, 0.3) is 0 Å². The van der Waals surface area contributed by atoms with Crippen molar-refractivity contribution < 1.29 is 9.59 Å². The Morgan fingerprint density at radius 2 is 1.76 bits per heavy atom. The molecule has 98 valence electrons. The van der Waals surface area contributed by atoms with Crippen LogP contribution in [-0.2, 0) is 9.59 Å². The third-order valence-corrected chi connectivity index (χ3v) is 3.68. The molecule has 0 unspecified atom stereocenters. The lowest BCUT2D eigenvalue weighted by atomic mass is 9.95. The monoisotopic (exact) mass is 257 g/mol. The third kappa shape index (κ3) is 6.71. The quantitative estimate of drug-likeness (QED) is 0.791. The Bertz CT molecular complexity index is 278. The largest absolute Gasteiger partial charge is 0.353 e. The van der Waals surface area contributed by atoms with Gasteiger partial charge in [-0.2, -0.15) is 0 Å². The highest BCUT2D eigenvalue weighted by Gasteiger charge is 2.21. The van der Waals surface area contributed by atoms with Crippen molar-refractivity contribution in [1.82, 2.24) is 5.32 Å². The van der Waals surface area contributed by atoms with Crippen LogP contribution in [0, 0.1) is 0 Å². The standard InChI is InChI=1S/C13H23NO2S/c1-13(2,3)17-12(16)9-11(15)14-10-7-5-4-6-8-10/h10H,4-9H2,1-3H3,(H,14,15). The molecule has 17 heavy (non-hydrogen) atoms. The Kier molecular flexibility index (Phi) is 5.50. The number of thioether (sulfide) groups is 1. The van der Waals surface area contributed by atoms with Crippen molar-refractivity contribution in [3.8, 4) is 0 Å². The highest BCUT2D eigenvalue weighted by molar-refractivity contribution is 8.14. The molecule has 1 rings (SSSR count). The average Bonchev–Trinajstić information content (AvgIpc) is 2.15. The summed E-state index contributed by atoms with van der Waals surface area (Å²) in [6.07, 6.45) is 5.79. The molecule has 1 aliphatic carbocycles. The summed E-state index contributed by atoms with van der Waals surface area (Å²) in [5, 5.41) is 2.93. The van der Waals surface area contributed by atoms with Gasteiger partial charge in [-0.25, -0.2) is 0 Å². The summed E-state index contributed by atoms with van der Waals surface area (Å²) in [5.41, 5.74) is 0. The van der Waals surface area contributed by atoms with Crippen molar-refractivity contribution in [2.24, 2.45) is 0 Å². The highest BCUT2D eigenvalue weighted by Crippen LogP contribution is 2.25. The topological polar surface area (TPSA) is 46.2 Å². The van der Waals surface area contributed by atoms with E-state index in [1.165, 1.54) is 31.0 Å². The molecule has 0 saturated heterocycles. The van der Waals surface area contributed by atoms with E-state index in [-0.39, 0.29) is 22.2 Å². The fourth-order valence-electron chi connectivity index (χ4n) is 2.03. The van der Waals surface area contributed by atoms with Gasteiger partial charge in [-0.1, -0.05) is 51.8 Å². The molecule has 1 fully saturated rings. The lowest BCUT2D eigenvalue weighted by Gasteiger charge is -2.23. The van der Waals surface area contributed by atoms with Crippen LogP contribution < -0.4 is 5.32 Å². The lowest BCUT2D eigenvalue weighted by Crippen LogP contribution is -2.37. The molecule has 0 bridgehead atoms. The van der Waals surface area contributed by atoms with E-state index in [4.69, 9.17) is 0 Å². The zero-order chi connectivity index (χ0) is 12.9. The summed E-state index contributed by atoms with van der Waals surface area (Å²) in [6, 6.07) is 0.295. The van der Waals surface area contributed by atoms with E-state index in [2.05, 4.69) is 5.32 Å². The minimum atomic E-state index is -0.112. The number of carbonyl (C=O) groups is 2. The Labute approximate surface area is 108 Å². The average molecular weight is 257 g/mol. The van der Waals surface area contributed by atoms with Gasteiger partial charge in [0, 0.05) is 10.8 Å². The molecule has 1 N–H and O–H groups in total. The van der Waals surface area contributed by atoms with Gasteiger partial charge in [0.1, 0.15) is 0 Å². The van der Waals surface area contributed by atoms with E-state index in [1.807, 2.05) is 20.8 Å². The van der Waals surface area contributed by atoms with E-state index in [0.717, 1.165) is 12.8 Å². The Morgan fingerprint density at radius 1 is 1.18 bits per heavy atom. The van der Waals surface area contributed by atoms with Crippen molar-refractivity contribution in [2.75, 3.05) is 0 Å². The van der Waals surface area contributed by atoms with Crippen LogP contribution in [-0.4, -0.2) is 21.8 Å². The molecular weight excluding hydrogens is 234 g/mol. The fraction of sp³-hybridized carbons (Fsp3) is 0.846. The van der Waals surface area contributed by atoms with Crippen LogP contribution in [0.15, 0.2) is 0 Å². The van der Waals surface area contributed by atoms with Crippen LogP contribution in [0.1, 0.15) is 59.3 Å². The molecule has 1 saturated carbocycles. The van der Waals surface area contributed by atoms with Crippen LogP contribution >= 0.6 is 11.8 Å². The first-order valence-electron chi connectivity index (χ1n) is 6.38. The first-order valence-corrected chi connectivity index (χ1v) is 7.20. The Balaban J connectivity index is 2.26. The smallest absolute Gasteiger partial charge is 0.228 e. The van der Waals surface area contributed by atoms with Gasteiger partial charge in [0.2, 0.25) is 5.91 Å². The predicted molar refractivity (Wildman–Crippen MR) is 72.0 cm³/mol. The first kappa shape index (κ1) is 14.6. The zero-order valence-electron chi connectivity index (χ0n) is 11.0. The summed E-state index contributed by atoms with van der Waals surface area (Å²) in [5.74, 6) is -0.112. The predicted octanol–water partition coefficient (Wildman–Crippen LogP) is 2.88. The molecule has 0 aromatic carbocycles. The van der Waals surface area contributed by atoms with Crippen LogP contribution in [0.4, 0.5) is 0 Å². The fourth-order valence-corrected chi connectivity index (χ4v) is 2.92. The molecule has 0 aromatic rings. The van der Waals surface area contributed by atoms with Crippen molar-refractivity contribution in [3.05, 3.63) is 0 Å². The summed E-state index contributed by atoms with van der Waals surface area (Å²) in [6.45, 7) is 5.94. The van der Waals surface area contributed by atoms with Crippen LogP contribution in [0.5, 0.6) is 0 Å². The normalized spacial score (nSPS) is 17.8. The molecule has 0 aliphatic heterocycles. The Hall–Kier alpha value is -0.510. The molecule has 0 radical (unpaired) electrons. The molecule has 3 nitrogen and oxygen atoms in total. The first-order chi connectivity index (χ1) is 7.87. The second-order valence-corrected chi connectivity index (χ2v) is 7.55. The molecule has 0 aromatic heterocycles. The molecule has 0 heterocycles. The SMILES string of the molecule is CC(C)(C)SC(=O)CC(=O)NC1CCCCC1. The maximum absolute atomic E-state index is 11.7. The summed E-state index contributed by atoms with van der Waals surface area (Å²) < 4.78 is -0.109. The van der Waals surface area contributed by atoms with E-state index >= 15 is 0 Å². The summed E-state index contributed by atoms with van der Waals surface area (Å²) >= 11 is 1.25. The van der Waals surface area contributed by atoms with Crippen molar-refractivity contribution in [3.63, 3.8) is 0 Å². The van der Waals surface area contributed by atoms with E-state index in [1.54, 1.807) is 0 Å². The van der Waals surface area contributed by atoms with E-state index in [0.29, 0.717) is 6.04 Å². The van der Waals surface area contributed by atoms with Crippen LogP contribution in [0.3, 0.4) is 0 Å². The van der Waals surface area contributed by atoms with Crippen molar-refractivity contribution in [1.29, 1.82) is 0 Å². The van der Waals surface area contributed by atoms with E-state index in [9.17, 15) is 9.59 Å². The number of carbonyl (C=O) groups excluding carboxylic acids is 2. The maximum Gasteiger partial charge on any atom is 0.228 e. The number of nitrogens with one attached hydrogen (secondary N) is 1. The number of amides is 1. The van der Waals surface area contributed by atoms with Crippen LogP contribution in [0.2, 0.25) is 0 Å². The molecule has 1 amide bonds. The second-order valence-electron chi connectivity index (χ2n) is 5.67.